The molecule has 1 aromatic rings. The van der Waals surface area contributed by atoms with E-state index in [2.05, 4.69) is 16.0 Å². The number of hydrogen-bond donors (Lipinski definition) is 5. The molecule has 0 aliphatic heterocycles. The van der Waals surface area contributed by atoms with Crippen LogP contribution in [0.4, 0.5) is 0 Å². The van der Waals surface area contributed by atoms with E-state index in [9.17, 15) is 24.0 Å². The molecule has 158 valence electrons. The van der Waals surface area contributed by atoms with Crippen molar-refractivity contribution in [3.05, 3.63) is 35.9 Å². The lowest BCUT2D eigenvalue weighted by atomic mass is 10.0. The third kappa shape index (κ3) is 8.98. The van der Waals surface area contributed by atoms with Crippen molar-refractivity contribution in [1.29, 1.82) is 0 Å². The van der Waals surface area contributed by atoms with Crippen LogP contribution in [0.25, 0.3) is 0 Å². The number of hydrogen-bond acceptors (Lipinski definition) is 6. The number of benzene rings is 1. The van der Waals surface area contributed by atoms with Gasteiger partial charge in [0.1, 0.15) is 18.4 Å². The number of aliphatic carboxylic acids is 1. The molecule has 0 bridgehead atoms. The zero-order valence-corrected chi connectivity index (χ0v) is 16.1. The Kier molecular flexibility index (Phi) is 10.0. The van der Waals surface area contributed by atoms with Crippen molar-refractivity contribution < 1.29 is 29.1 Å². The van der Waals surface area contributed by atoms with Crippen LogP contribution in [0.15, 0.2) is 30.3 Å². The van der Waals surface area contributed by atoms with E-state index in [-0.39, 0.29) is 25.8 Å². The van der Waals surface area contributed by atoms with E-state index in [1.54, 1.807) is 24.3 Å². The molecular weight excluding hydrogens is 380 g/mol. The van der Waals surface area contributed by atoms with Crippen LogP contribution in [0.5, 0.6) is 0 Å². The van der Waals surface area contributed by atoms with Crippen molar-refractivity contribution in [1.82, 2.24) is 16.0 Å². The summed E-state index contributed by atoms with van der Waals surface area (Å²) < 4.78 is 0. The molecule has 1 aromatic carbocycles. The van der Waals surface area contributed by atoms with Gasteiger partial charge in [-0.2, -0.15) is 0 Å². The highest BCUT2D eigenvalue weighted by atomic mass is 16.4. The van der Waals surface area contributed by atoms with Crippen LogP contribution < -0.4 is 21.7 Å². The quantitative estimate of drug-likeness (QED) is 0.270. The molecule has 0 radical (unpaired) electrons. The molecule has 0 unspecified atom stereocenters. The largest absolute Gasteiger partial charge is 0.481 e. The topological polar surface area (TPSA) is 168 Å². The Labute approximate surface area is 168 Å². The number of amides is 3. The van der Waals surface area contributed by atoms with Gasteiger partial charge in [-0.3, -0.25) is 19.2 Å². The molecule has 6 N–H and O–H groups in total. The zero-order valence-electron chi connectivity index (χ0n) is 16.1. The summed E-state index contributed by atoms with van der Waals surface area (Å²) in [6.45, 7) is 1.20. The van der Waals surface area contributed by atoms with Crippen LogP contribution in [0.1, 0.15) is 25.3 Å². The standard InChI is InChI=1S/C19H26N4O6/c1-12(17(27)21-9-10-24)22-19(29)15(7-8-16(25)26)23-18(28)14(20)11-13-5-3-2-4-6-13/h2-6,10,12,14-15H,7-9,11,20H2,1H3,(H,21,27)(H,22,29)(H,23,28)(H,25,26)/t12-,14-,15-/m0/s1. The summed E-state index contributed by atoms with van der Waals surface area (Å²) in [5.41, 5.74) is 6.74. The van der Waals surface area contributed by atoms with Gasteiger partial charge in [0.25, 0.3) is 0 Å². The molecule has 10 heteroatoms. The normalized spacial score (nSPS) is 13.4. The molecule has 10 nitrogen and oxygen atoms in total. The highest BCUT2D eigenvalue weighted by molar-refractivity contribution is 5.93. The maximum Gasteiger partial charge on any atom is 0.303 e. The number of nitrogens with one attached hydrogen (secondary N) is 3. The first-order valence-electron chi connectivity index (χ1n) is 9.08. The molecule has 3 amide bonds. The monoisotopic (exact) mass is 406 g/mol. The maximum absolute atomic E-state index is 12.5. The third-order valence-corrected chi connectivity index (χ3v) is 4.03. The fourth-order valence-electron chi connectivity index (χ4n) is 2.45. The molecule has 29 heavy (non-hydrogen) atoms. The summed E-state index contributed by atoms with van der Waals surface area (Å²) in [4.78, 5) is 57.8. The highest BCUT2D eigenvalue weighted by Gasteiger charge is 2.26. The van der Waals surface area contributed by atoms with E-state index in [0.717, 1.165) is 5.56 Å². The van der Waals surface area contributed by atoms with Crippen molar-refractivity contribution in [3.63, 3.8) is 0 Å². The fourth-order valence-corrected chi connectivity index (χ4v) is 2.45. The average molecular weight is 406 g/mol. The summed E-state index contributed by atoms with van der Waals surface area (Å²) in [5.74, 6) is -3.06. The molecule has 0 fully saturated rings. The Bertz CT molecular complexity index is 725. The minimum absolute atomic E-state index is 0.173. The molecule has 0 aliphatic carbocycles. The molecule has 3 atom stereocenters. The molecule has 0 saturated carbocycles. The van der Waals surface area contributed by atoms with Gasteiger partial charge in [0, 0.05) is 6.42 Å². The van der Waals surface area contributed by atoms with Gasteiger partial charge in [0.2, 0.25) is 17.7 Å². The van der Waals surface area contributed by atoms with E-state index < -0.39 is 41.8 Å². The van der Waals surface area contributed by atoms with Crippen molar-refractivity contribution in [3.8, 4) is 0 Å². The Balaban J connectivity index is 2.73. The van der Waals surface area contributed by atoms with E-state index in [1.165, 1.54) is 6.92 Å². The molecule has 0 heterocycles. The summed E-state index contributed by atoms with van der Waals surface area (Å²) in [5, 5.41) is 16.0. The lowest BCUT2D eigenvalue weighted by Gasteiger charge is -2.22. The zero-order chi connectivity index (χ0) is 21.8. The second-order valence-corrected chi connectivity index (χ2v) is 6.43. The Morgan fingerprint density at radius 2 is 1.72 bits per heavy atom. The van der Waals surface area contributed by atoms with Crippen LogP contribution in [-0.4, -0.2) is 59.8 Å². The Morgan fingerprint density at radius 3 is 2.31 bits per heavy atom. The number of carboxylic acid groups (broad SMARTS) is 1. The Hall–Kier alpha value is -3.27. The number of aldehydes is 1. The summed E-state index contributed by atoms with van der Waals surface area (Å²) in [7, 11) is 0. The minimum atomic E-state index is -1.18. The maximum atomic E-state index is 12.5. The fraction of sp³-hybridized carbons (Fsp3) is 0.421. The van der Waals surface area contributed by atoms with Crippen molar-refractivity contribution >= 4 is 30.0 Å². The molecule has 1 rings (SSSR count). The number of carbonyl (C=O) groups excluding carboxylic acids is 4. The van der Waals surface area contributed by atoms with Crippen LogP contribution >= 0.6 is 0 Å². The SMILES string of the molecule is C[C@H](NC(=O)[C@H](CCC(=O)O)NC(=O)[C@@H](N)Cc1ccccc1)C(=O)NCC=O. The van der Waals surface area contributed by atoms with Gasteiger partial charge in [0.05, 0.1) is 12.6 Å². The van der Waals surface area contributed by atoms with Crippen LogP contribution in [0.2, 0.25) is 0 Å². The first kappa shape index (κ1) is 23.8. The molecule has 0 aromatic heterocycles. The molecular formula is C19H26N4O6. The molecule has 0 aliphatic rings. The van der Waals surface area contributed by atoms with Gasteiger partial charge in [-0.05, 0) is 25.3 Å². The van der Waals surface area contributed by atoms with Gasteiger partial charge >= 0.3 is 5.97 Å². The first-order valence-corrected chi connectivity index (χ1v) is 9.08. The lowest BCUT2D eigenvalue weighted by Crippen LogP contribution is -2.55. The summed E-state index contributed by atoms with van der Waals surface area (Å²) in [6, 6.07) is 5.95. The molecule has 0 spiro atoms. The van der Waals surface area contributed by atoms with Crippen LogP contribution in [0.3, 0.4) is 0 Å². The van der Waals surface area contributed by atoms with Gasteiger partial charge in [-0.1, -0.05) is 30.3 Å². The summed E-state index contributed by atoms with van der Waals surface area (Å²) >= 11 is 0. The molecule has 0 saturated heterocycles. The smallest absolute Gasteiger partial charge is 0.303 e. The van der Waals surface area contributed by atoms with Crippen LogP contribution in [0, 0.1) is 0 Å². The first-order chi connectivity index (χ1) is 13.7. The van der Waals surface area contributed by atoms with Gasteiger partial charge < -0.3 is 31.6 Å². The van der Waals surface area contributed by atoms with Gasteiger partial charge in [-0.15, -0.1) is 0 Å². The van der Waals surface area contributed by atoms with Crippen molar-refractivity contribution in [2.24, 2.45) is 5.73 Å². The number of nitrogens with two attached hydrogens (primary N) is 1. The van der Waals surface area contributed by atoms with Gasteiger partial charge in [-0.25, -0.2) is 0 Å². The van der Waals surface area contributed by atoms with Crippen molar-refractivity contribution in [2.75, 3.05) is 6.54 Å². The predicted octanol–water partition coefficient (Wildman–Crippen LogP) is -1.27. The number of carbonyl (C=O) groups is 5. The second kappa shape index (κ2) is 12.2. The minimum Gasteiger partial charge on any atom is -0.481 e. The van der Waals surface area contributed by atoms with E-state index in [1.807, 2.05) is 6.07 Å². The van der Waals surface area contributed by atoms with Crippen molar-refractivity contribution in [2.45, 2.75) is 44.3 Å². The lowest BCUT2D eigenvalue weighted by molar-refractivity contribution is -0.138. The highest BCUT2D eigenvalue weighted by Crippen LogP contribution is 2.04. The second-order valence-electron chi connectivity index (χ2n) is 6.43. The van der Waals surface area contributed by atoms with E-state index in [0.29, 0.717) is 6.29 Å². The predicted molar refractivity (Wildman–Crippen MR) is 104 cm³/mol. The van der Waals surface area contributed by atoms with E-state index in [4.69, 9.17) is 10.8 Å². The summed E-state index contributed by atoms with van der Waals surface area (Å²) in [6.07, 6.45) is 0.201. The van der Waals surface area contributed by atoms with Crippen LogP contribution in [-0.2, 0) is 30.4 Å². The number of carboxylic acids is 1. The third-order valence-electron chi connectivity index (χ3n) is 4.03. The van der Waals surface area contributed by atoms with Gasteiger partial charge in [0.15, 0.2) is 0 Å². The number of rotatable bonds is 12. The average Bonchev–Trinajstić information content (AvgIpc) is 2.69. The Morgan fingerprint density at radius 1 is 1.07 bits per heavy atom. The van der Waals surface area contributed by atoms with E-state index >= 15 is 0 Å².